The minimum absolute atomic E-state index is 0.0810. The Morgan fingerprint density at radius 3 is 2.10 bits per heavy atom. The first-order valence-corrected chi connectivity index (χ1v) is 2.95. The SMILES string of the molecule is C=O.CC1(C)NCNC1=O. The molecule has 1 fully saturated rings. The zero-order chi connectivity index (χ0) is 8.20. The molecule has 0 aromatic heterocycles. The zero-order valence-corrected chi connectivity index (χ0v) is 6.23. The molecule has 4 heteroatoms. The van der Waals surface area contributed by atoms with Gasteiger partial charge in [-0.1, -0.05) is 0 Å². The topological polar surface area (TPSA) is 58.2 Å². The van der Waals surface area contributed by atoms with Crippen molar-refractivity contribution in [1.82, 2.24) is 10.6 Å². The molecule has 4 nitrogen and oxygen atoms in total. The van der Waals surface area contributed by atoms with Crippen molar-refractivity contribution in [2.45, 2.75) is 19.4 Å². The van der Waals surface area contributed by atoms with Gasteiger partial charge < -0.3 is 10.1 Å². The van der Waals surface area contributed by atoms with Crippen LogP contribution in [0.25, 0.3) is 0 Å². The smallest absolute Gasteiger partial charge is 0.240 e. The lowest BCUT2D eigenvalue weighted by Crippen LogP contribution is -2.39. The van der Waals surface area contributed by atoms with Crippen molar-refractivity contribution in [3.05, 3.63) is 0 Å². The zero-order valence-electron chi connectivity index (χ0n) is 6.23. The first-order chi connectivity index (χ1) is 4.63. The predicted octanol–water partition coefficient (Wildman–Crippen LogP) is -0.743. The molecule has 0 aromatic rings. The second-order valence-corrected chi connectivity index (χ2v) is 2.48. The van der Waals surface area contributed by atoms with Gasteiger partial charge in [0.05, 0.1) is 12.2 Å². The molecular formula is C6H12N2O2. The van der Waals surface area contributed by atoms with Gasteiger partial charge in [-0.25, -0.2) is 0 Å². The van der Waals surface area contributed by atoms with Crippen LogP contribution in [0.4, 0.5) is 0 Å². The highest BCUT2D eigenvalue weighted by Crippen LogP contribution is 2.04. The molecule has 10 heavy (non-hydrogen) atoms. The molecule has 0 bridgehead atoms. The lowest BCUT2D eigenvalue weighted by atomic mass is 10.1. The van der Waals surface area contributed by atoms with Gasteiger partial charge in [0.25, 0.3) is 0 Å². The average molecular weight is 144 g/mol. The van der Waals surface area contributed by atoms with Gasteiger partial charge in [-0.2, -0.15) is 0 Å². The molecule has 0 radical (unpaired) electrons. The van der Waals surface area contributed by atoms with E-state index in [1.54, 1.807) is 0 Å². The third-order valence-corrected chi connectivity index (χ3v) is 1.35. The summed E-state index contributed by atoms with van der Waals surface area (Å²) in [5.74, 6) is 0.0810. The van der Waals surface area contributed by atoms with Crippen molar-refractivity contribution in [1.29, 1.82) is 0 Å². The van der Waals surface area contributed by atoms with Crippen molar-refractivity contribution < 1.29 is 9.59 Å². The first-order valence-electron chi connectivity index (χ1n) is 2.95. The molecule has 58 valence electrons. The Kier molecular flexibility index (Phi) is 3.02. The number of amides is 1. The molecule has 1 amide bonds. The Morgan fingerprint density at radius 1 is 1.50 bits per heavy atom. The molecule has 0 unspecified atom stereocenters. The molecule has 0 atom stereocenters. The van der Waals surface area contributed by atoms with Crippen LogP contribution in [-0.2, 0) is 9.59 Å². The first kappa shape index (κ1) is 9.10. The van der Waals surface area contributed by atoms with E-state index in [-0.39, 0.29) is 11.4 Å². The van der Waals surface area contributed by atoms with Gasteiger partial charge >= 0.3 is 0 Å². The molecule has 1 saturated heterocycles. The summed E-state index contributed by atoms with van der Waals surface area (Å²) in [7, 11) is 0. The minimum Gasteiger partial charge on any atom is -0.342 e. The lowest BCUT2D eigenvalue weighted by Gasteiger charge is -2.11. The lowest BCUT2D eigenvalue weighted by molar-refractivity contribution is -0.123. The molecule has 0 spiro atoms. The van der Waals surface area contributed by atoms with Gasteiger partial charge in [-0.3, -0.25) is 10.1 Å². The van der Waals surface area contributed by atoms with Crippen LogP contribution < -0.4 is 10.6 Å². The predicted molar refractivity (Wildman–Crippen MR) is 37.3 cm³/mol. The van der Waals surface area contributed by atoms with Crippen molar-refractivity contribution in [3.63, 3.8) is 0 Å². The molecule has 0 aromatic carbocycles. The molecule has 1 heterocycles. The number of rotatable bonds is 0. The summed E-state index contributed by atoms with van der Waals surface area (Å²) >= 11 is 0. The van der Waals surface area contributed by atoms with Crippen molar-refractivity contribution in [2.24, 2.45) is 0 Å². The average Bonchev–Trinajstić information content (AvgIpc) is 2.17. The summed E-state index contributed by atoms with van der Waals surface area (Å²) < 4.78 is 0. The minimum atomic E-state index is -0.347. The molecule has 1 aliphatic rings. The summed E-state index contributed by atoms with van der Waals surface area (Å²) in [6.07, 6.45) is 0. The van der Waals surface area contributed by atoms with Crippen molar-refractivity contribution in [3.8, 4) is 0 Å². The van der Waals surface area contributed by atoms with Crippen LogP contribution in [0.3, 0.4) is 0 Å². The van der Waals surface area contributed by atoms with E-state index in [4.69, 9.17) is 4.79 Å². The van der Waals surface area contributed by atoms with E-state index in [0.717, 1.165) is 0 Å². The molecule has 1 rings (SSSR count). The fourth-order valence-corrected chi connectivity index (χ4v) is 0.647. The van der Waals surface area contributed by atoms with Gasteiger partial charge in [0.2, 0.25) is 5.91 Å². The fourth-order valence-electron chi connectivity index (χ4n) is 0.647. The van der Waals surface area contributed by atoms with E-state index in [2.05, 4.69) is 10.6 Å². The highest BCUT2D eigenvalue weighted by Gasteiger charge is 2.31. The fraction of sp³-hybridized carbons (Fsp3) is 0.667. The normalized spacial score (nSPS) is 20.8. The van der Waals surface area contributed by atoms with Gasteiger partial charge in [0.1, 0.15) is 6.79 Å². The number of carbonyl (C=O) groups excluding carboxylic acids is 2. The third-order valence-electron chi connectivity index (χ3n) is 1.35. The summed E-state index contributed by atoms with van der Waals surface area (Å²) in [4.78, 5) is 18.7. The van der Waals surface area contributed by atoms with Gasteiger partial charge in [0, 0.05) is 0 Å². The monoisotopic (exact) mass is 144 g/mol. The molecule has 2 N–H and O–H groups in total. The van der Waals surface area contributed by atoms with Crippen LogP contribution in [0.5, 0.6) is 0 Å². The molecule has 0 aliphatic carbocycles. The Hall–Kier alpha value is -0.900. The Bertz CT molecular complexity index is 134. The summed E-state index contributed by atoms with van der Waals surface area (Å²) in [5.41, 5.74) is -0.347. The molecule has 1 aliphatic heterocycles. The second kappa shape index (κ2) is 3.31. The van der Waals surface area contributed by atoms with Crippen LogP contribution in [0.1, 0.15) is 13.8 Å². The van der Waals surface area contributed by atoms with Crippen LogP contribution in [-0.4, -0.2) is 24.9 Å². The number of nitrogens with one attached hydrogen (secondary N) is 2. The molecule has 0 saturated carbocycles. The van der Waals surface area contributed by atoms with Crippen molar-refractivity contribution >= 4 is 12.7 Å². The number of hydrogen-bond donors (Lipinski definition) is 2. The van der Waals surface area contributed by atoms with Gasteiger partial charge in [0.15, 0.2) is 0 Å². The van der Waals surface area contributed by atoms with E-state index in [0.29, 0.717) is 6.67 Å². The maximum atomic E-state index is 10.7. The van der Waals surface area contributed by atoms with Gasteiger partial charge in [-0.05, 0) is 13.8 Å². The van der Waals surface area contributed by atoms with E-state index >= 15 is 0 Å². The second-order valence-electron chi connectivity index (χ2n) is 2.48. The summed E-state index contributed by atoms with van der Waals surface area (Å²) in [6.45, 7) is 6.32. The Labute approximate surface area is 60.0 Å². The van der Waals surface area contributed by atoms with Gasteiger partial charge in [-0.15, -0.1) is 0 Å². The largest absolute Gasteiger partial charge is 0.342 e. The van der Waals surface area contributed by atoms with Crippen LogP contribution in [0, 0.1) is 0 Å². The van der Waals surface area contributed by atoms with Crippen molar-refractivity contribution in [2.75, 3.05) is 6.67 Å². The van der Waals surface area contributed by atoms with E-state index in [1.807, 2.05) is 20.6 Å². The maximum Gasteiger partial charge on any atom is 0.240 e. The summed E-state index contributed by atoms with van der Waals surface area (Å²) in [6, 6.07) is 0. The summed E-state index contributed by atoms with van der Waals surface area (Å²) in [5, 5.41) is 5.64. The third kappa shape index (κ3) is 1.80. The Balaban J connectivity index is 0.000000371. The van der Waals surface area contributed by atoms with Crippen LogP contribution in [0.2, 0.25) is 0 Å². The highest BCUT2D eigenvalue weighted by atomic mass is 16.2. The van der Waals surface area contributed by atoms with Crippen LogP contribution in [0.15, 0.2) is 0 Å². The quantitative estimate of drug-likeness (QED) is 0.470. The van der Waals surface area contributed by atoms with E-state index in [9.17, 15) is 4.79 Å². The number of carbonyl (C=O) groups is 2. The van der Waals surface area contributed by atoms with E-state index in [1.165, 1.54) is 0 Å². The highest BCUT2D eigenvalue weighted by molar-refractivity contribution is 5.87. The maximum absolute atomic E-state index is 10.7. The Morgan fingerprint density at radius 2 is 2.00 bits per heavy atom. The molecular weight excluding hydrogens is 132 g/mol. The standard InChI is InChI=1S/C5H10N2O.CH2O/c1-5(2)4(8)6-3-7-5;1-2/h7H,3H2,1-2H3,(H,6,8);1H2. The van der Waals surface area contributed by atoms with Crippen LogP contribution >= 0.6 is 0 Å². The number of hydrogen-bond acceptors (Lipinski definition) is 3. The van der Waals surface area contributed by atoms with E-state index < -0.39 is 0 Å².